The summed E-state index contributed by atoms with van der Waals surface area (Å²) in [7, 11) is 0. The van der Waals surface area contributed by atoms with Gasteiger partial charge in [0.25, 0.3) is 0 Å². The summed E-state index contributed by atoms with van der Waals surface area (Å²) in [6.45, 7) is 0.683. The zero-order valence-electron chi connectivity index (χ0n) is 11.7. The Bertz CT molecular complexity index is 767. The van der Waals surface area contributed by atoms with Crippen molar-refractivity contribution in [2.24, 2.45) is 0 Å². The van der Waals surface area contributed by atoms with Crippen molar-refractivity contribution < 1.29 is 0 Å². The van der Waals surface area contributed by atoms with Crippen LogP contribution in [-0.4, -0.2) is 0 Å². The fourth-order valence-electron chi connectivity index (χ4n) is 2.54. The lowest BCUT2D eigenvalue weighted by Gasteiger charge is -2.14. The Morgan fingerprint density at radius 2 is 1.57 bits per heavy atom. The number of hydrogen-bond acceptors (Lipinski definition) is 2. The standard InChI is InChI=1S/C19H16N2/c20-13-19(21-14-15-7-2-1-3-8-15)18-12-6-10-16-9-4-5-11-17(16)18/h1-12,19,21H,14H2. The maximum atomic E-state index is 9.50. The maximum Gasteiger partial charge on any atom is 0.122 e. The molecule has 3 aromatic carbocycles. The van der Waals surface area contributed by atoms with Gasteiger partial charge >= 0.3 is 0 Å². The van der Waals surface area contributed by atoms with E-state index in [-0.39, 0.29) is 6.04 Å². The Hall–Kier alpha value is -2.63. The molecule has 0 radical (unpaired) electrons. The van der Waals surface area contributed by atoms with Crippen LogP contribution < -0.4 is 5.32 Å². The van der Waals surface area contributed by atoms with E-state index in [4.69, 9.17) is 0 Å². The molecule has 0 saturated heterocycles. The molecule has 1 atom stereocenters. The molecule has 0 aliphatic rings. The van der Waals surface area contributed by atoms with E-state index in [1.165, 1.54) is 5.56 Å². The molecule has 0 aliphatic carbocycles. The largest absolute Gasteiger partial charge is 0.294 e. The Balaban J connectivity index is 1.87. The van der Waals surface area contributed by atoms with Gasteiger partial charge in [-0.2, -0.15) is 5.26 Å². The van der Waals surface area contributed by atoms with E-state index in [0.29, 0.717) is 6.54 Å². The third-order valence-corrected chi connectivity index (χ3v) is 3.62. The molecule has 0 fully saturated rings. The highest BCUT2D eigenvalue weighted by Crippen LogP contribution is 2.24. The zero-order valence-corrected chi connectivity index (χ0v) is 11.7. The van der Waals surface area contributed by atoms with E-state index in [9.17, 15) is 5.26 Å². The van der Waals surface area contributed by atoms with Crippen LogP contribution in [0.1, 0.15) is 17.2 Å². The van der Waals surface area contributed by atoms with E-state index in [1.54, 1.807) is 0 Å². The van der Waals surface area contributed by atoms with Crippen molar-refractivity contribution in [2.75, 3.05) is 0 Å². The summed E-state index contributed by atoms with van der Waals surface area (Å²) in [5.74, 6) is 0. The first kappa shape index (κ1) is 13.4. The van der Waals surface area contributed by atoms with E-state index in [0.717, 1.165) is 16.3 Å². The lowest BCUT2D eigenvalue weighted by atomic mass is 9.99. The van der Waals surface area contributed by atoms with Crippen molar-refractivity contribution in [1.82, 2.24) is 5.32 Å². The molecule has 0 aromatic heterocycles. The molecule has 0 heterocycles. The van der Waals surface area contributed by atoms with Crippen LogP contribution in [0.3, 0.4) is 0 Å². The molecule has 2 heteroatoms. The lowest BCUT2D eigenvalue weighted by Crippen LogP contribution is -2.19. The Kier molecular flexibility index (Phi) is 3.95. The highest BCUT2D eigenvalue weighted by atomic mass is 14.9. The van der Waals surface area contributed by atoms with Crippen LogP contribution in [0.2, 0.25) is 0 Å². The molecule has 2 nitrogen and oxygen atoms in total. The van der Waals surface area contributed by atoms with Gasteiger partial charge in [0.05, 0.1) is 6.07 Å². The van der Waals surface area contributed by atoms with E-state index in [2.05, 4.69) is 41.7 Å². The Labute approximate surface area is 124 Å². The van der Waals surface area contributed by atoms with Crippen LogP contribution in [0.4, 0.5) is 0 Å². The SMILES string of the molecule is N#CC(NCc1ccccc1)c1cccc2ccccc12. The molecule has 3 aromatic rings. The summed E-state index contributed by atoms with van der Waals surface area (Å²) >= 11 is 0. The van der Waals surface area contributed by atoms with Gasteiger partial charge in [-0.3, -0.25) is 5.32 Å². The topological polar surface area (TPSA) is 35.8 Å². The van der Waals surface area contributed by atoms with Gasteiger partial charge in [-0.05, 0) is 21.9 Å². The zero-order chi connectivity index (χ0) is 14.5. The predicted octanol–water partition coefficient (Wildman–Crippen LogP) is 4.19. The summed E-state index contributed by atoms with van der Waals surface area (Å²) in [6.07, 6.45) is 0. The molecule has 0 aliphatic heterocycles. The molecular formula is C19H16N2. The fourth-order valence-corrected chi connectivity index (χ4v) is 2.54. The number of nitrogens with zero attached hydrogens (tertiary/aromatic N) is 1. The summed E-state index contributed by atoms with van der Waals surface area (Å²) in [5.41, 5.74) is 2.21. The van der Waals surface area contributed by atoms with Gasteiger partial charge in [0, 0.05) is 6.54 Å². The number of fused-ring (bicyclic) bond motifs is 1. The molecular weight excluding hydrogens is 256 g/mol. The van der Waals surface area contributed by atoms with Crippen molar-refractivity contribution in [3.05, 3.63) is 83.9 Å². The first-order valence-corrected chi connectivity index (χ1v) is 7.03. The Morgan fingerprint density at radius 1 is 0.857 bits per heavy atom. The molecule has 0 amide bonds. The summed E-state index contributed by atoms with van der Waals surface area (Å²) in [4.78, 5) is 0. The van der Waals surface area contributed by atoms with Gasteiger partial charge in [0.1, 0.15) is 6.04 Å². The molecule has 0 bridgehead atoms. The van der Waals surface area contributed by atoms with Crippen molar-refractivity contribution in [2.45, 2.75) is 12.6 Å². The molecule has 1 N–H and O–H groups in total. The minimum absolute atomic E-state index is 0.309. The number of hydrogen-bond donors (Lipinski definition) is 1. The highest BCUT2D eigenvalue weighted by molar-refractivity contribution is 5.86. The second-order valence-electron chi connectivity index (χ2n) is 5.00. The molecule has 0 saturated carbocycles. The summed E-state index contributed by atoms with van der Waals surface area (Å²) in [6, 6.07) is 26.5. The lowest BCUT2D eigenvalue weighted by molar-refractivity contribution is 0.634. The van der Waals surface area contributed by atoms with Gasteiger partial charge in [-0.15, -0.1) is 0 Å². The van der Waals surface area contributed by atoms with E-state index < -0.39 is 0 Å². The predicted molar refractivity (Wildman–Crippen MR) is 85.6 cm³/mol. The minimum Gasteiger partial charge on any atom is -0.294 e. The molecule has 21 heavy (non-hydrogen) atoms. The van der Waals surface area contributed by atoms with Crippen molar-refractivity contribution in [3.63, 3.8) is 0 Å². The molecule has 3 rings (SSSR count). The smallest absolute Gasteiger partial charge is 0.122 e. The quantitative estimate of drug-likeness (QED) is 0.772. The second-order valence-corrected chi connectivity index (χ2v) is 5.00. The minimum atomic E-state index is -0.309. The second kappa shape index (κ2) is 6.21. The van der Waals surface area contributed by atoms with Gasteiger partial charge in [-0.25, -0.2) is 0 Å². The van der Waals surface area contributed by atoms with Crippen LogP contribution in [-0.2, 0) is 6.54 Å². The van der Waals surface area contributed by atoms with Crippen molar-refractivity contribution >= 4 is 10.8 Å². The summed E-state index contributed by atoms with van der Waals surface area (Å²) < 4.78 is 0. The van der Waals surface area contributed by atoms with Crippen LogP contribution >= 0.6 is 0 Å². The first-order valence-electron chi connectivity index (χ1n) is 7.03. The van der Waals surface area contributed by atoms with Crippen LogP contribution in [0, 0.1) is 11.3 Å². The number of rotatable bonds is 4. The third-order valence-electron chi connectivity index (χ3n) is 3.62. The molecule has 102 valence electrons. The normalized spacial score (nSPS) is 12.0. The molecule has 0 spiro atoms. The molecule has 1 unspecified atom stereocenters. The number of benzene rings is 3. The van der Waals surface area contributed by atoms with Crippen LogP contribution in [0.25, 0.3) is 10.8 Å². The fraction of sp³-hybridized carbons (Fsp3) is 0.105. The van der Waals surface area contributed by atoms with Gasteiger partial charge in [0.2, 0.25) is 0 Å². The van der Waals surface area contributed by atoms with Gasteiger partial charge in [-0.1, -0.05) is 72.8 Å². The van der Waals surface area contributed by atoms with Crippen LogP contribution in [0.5, 0.6) is 0 Å². The monoisotopic (exact) mass is 272 g/mol. The highest BCUT2D eigenvalue weighted by Gasteiger charge is 2.12. The van der Waals surface area contributed by atoms with E-state index in [1.807, 2.05) is 42.5 Å². The van der Waals surface area contributed by atoms with Crippen molar-refractivity contribution in [3.8, 4) is 6.07 Å². The third kappa shape index (κ3) is 2.94. The van der Waals surface area contributed by atoms with Crippen molar-refractivity contribution in [1.29, 1.82) is 5.26 Å². The van der Waals surface area contributed by atoms with Crippen LogP contribution in [0.15, 0.2) is 72.8 Å². The average molecular weight is 272 g/mol. The maximum absolute atomic E-state index is 9.50. The van der Waals surface area contributed by atoms with Gasteiger partial charge < -0.3 is 0 Å². The van der Waals surface area contributed by atoms with E-state index >= 15 is 0 Å². The Morgan fingerprint density at radius 3 is 2.38 bits per heavy atom. The summed E-state index contributed by atoms with van der Waals surface area (Å²) in [5, 5.41) is 15.1. The number of nitriles is 1. The van der Waals surface area contributed by atoms with Gasteiger partial charge in [0.15, 0.2) is 0 Å². The number of nitrogens with one attached hydrogen (secondary N) is 1. The average Bonchev–Trinajstić information content (AvgIpc) is 2.56. The first-order chi connectivity index (χ1) is 10.4.